The summed E-state index contributed by atoms with van der Waals surface area (Å²) in [4.78, 5) is 0. The Hall–Kier alpha value is 0. The molecule has 3 aliphatic carbocycles. The Morgan fingerprint density at radius 2 is 1.00 bits per heavy atom. The summed E-state index contributed by atoms with van der Waals surface area (Å²) < 4.78 is 0. The van der Waals surface area contributed by atoms with Crippen molar-refractivity contribution in [2.75, 3.05) is 0 Å². The molecule has 3 aliphatic rings. The molecule has 0 aliphatic heterocycles. The van der Waals surface area contributed by atoms with Crippen LogP contribution in [0.25, 0.3) is 0 Å². The monoisotopic (exact) mass is 374 g/mol. The minimum Gasteiger partial charge on any atom is -0.0599 e. The van der Waals surface area contributed by atoms with Crippen molar-refractivity contribution in [3.8, 4) is 0 Å². The van der Waals surface area contributed by atoms with E-state index < -0.39 is 0 Å². The van der Waals surface area contributed by atoms with Gasteiger partial charge in [-0.15, -0.1) is 0 Å². The maximum absolute atomic E-state index is 2.56. The second-order valence-corrected chi connectivity index (χ2v) is 14.1. The van der Waals surface area contributed by atoms with Crippen molar-refractivity contribution >= 4 is 0 Å². The SMILES string of the molecule is CC(C)(C)C1CC(C2CC3CCCCC3C2C(C)(C)C)CC(C(C)(C)C)C1. The molecule has 0 bridgehead atoms. The zero-order valence-corrected chi connectivity index (χ0v) is 20.2. The van der Waals surface area contributed by atoms with Crippen molar-refractivity contribution in [3.63, 3.8) is 0 Å². The third-order valence-corrected chi connectivity index (χ3v) is 9.26. The molecule has 3 rings (SSSR count). The van der Waals surface area contributed by atoms with Gasteiger partial charge < -0.3 is 0 Å². The van der Waals surface area contributed by atoms with E-state index in [2.05, 4.69) is 62.3 Å². The number of fused-ring (bicyclic) bond motifs is 1. The van der Waals surface area contributed by atoms with Gasteiger partial charge in [0, 0.05) is 0 Å². The van der Waals surface area contributed by atoms with Crippen molar-refractivity contribution in [1.82, 2.24) is 0 Å². The topological polar surface area (TPSA) is 0 Å². The largest absolute Gasteiger partial charge is 0.0599 e. The van der Waals surface area contributed by atoms with E-state index in [9.17, 15) is 0 Å². The lowest BCUT2D eigenvalue weighted by atomic mass is 9.56. The van der Waals surface area contributed by atoms with Crippen LogP contribution < -0.4 is 0 Å². The third kappa shape index (κ3) is 4.61. The van der Waals surface area contributed by atoms with E-state index in [1.807, 2.05) is 0 Å². The maximum atomic E-state index is 2.56. The van der Waals surface area contributed by atoms with Crippen molar-refractivity contribution < 1.29 is 0 Å². The Labute approximate surface area is 171 Å². The Kier molecular flexibility index (Phi) is 5.91. The first-order chi connectivity index (χ1) is 12.3. The summed E-state index contributed by atoms with van der Waals surface area (Å²) >= 11 is 0. The van der Waals surface area contributed by atoms with Gasteiger partial charge in [-0.1, -0.05) is 81.6 Å². The molecule has 0 aromatic rings. The molecule has 0 nitrogen and oxygen atoms in total. The van der Waals surface area contributed by atoms with Gasteiger partial charge in [0.05, 0.1) is 0 Å². The van der Waals surface area contributed by atoms with Crippen LogP contribution in [-0.2, 0) is 0 Å². The minimum absolute atomic E-state index is 0.463. The Morgan fingerprint density at radius 1 is 0.481 bits per heavy atom. The van der Waals surface area contributed by atoms with Crippen LogP contribution in [0.2, 0.25) is 0 Å². The fourth-order valence-corrected chi connectivity index (χ4v) is 7.71. The lowest BCUT2D eigenvalue weighted by Crippen LogP contribution is -2.41. The van der Waals surface area contributed by atoms with Crippen molar-refractivity contribution in [2.45, 2.75) is 114 Å². The molecule has 27 heavy (non-hydrogen) atoms. The Bertz CT molecular complexity index is 472. The average molecular weight is 375 g/mol. The third-order valence-electron chi connectivity index (χ3n) is 9.26. The minimum atomic E-state index is 0.463. The van der Waals surface area contributed by atoms with E-state index in [0.29, 0.717) is 16.2 Å². The van der Waals surface area contributed by atoms with Crippen LogP contribution in [0.15, 0.2) is 0 Å². The van der Waals surface area contributed by atoms with E-state index in [-0.39, 0.29) is 0 Å². The van der Waals surface area contributed by atoms with Crippen molar-refractivity contribution in [1.29, 1.82) is 0 Å². The molecule has 0 radical (unpaired) electrons. The summed E-state index contributed by atoms with van der Waals surface area (Å²) in [5.74, 6) is 6.83. The first kappa shape index (κ1) is 21.7. The smallest absolute Gasteiger partial charge is 0.0303 e. The molecule has 158 valence electrons. The first-order valence-electron chi connectivity index (χ1n) is 12.3. The van der Waals surface area contributed by atoms with Gasteiger partial charge in [0.1, 0.15) is 0 Å². The molecule has 6 unspecified atom stereocenters. The van der Waals surface area contributed by atoms with E-state index >= 15 is 0 Å². The zero-order chi connectivity index (χ0) is 20.2. The Balaban J connectivity index is 1.89. The van der Waals surface area contributed by atoms with Crippen LogP contribution in [0, 0.1) is 57.7 Å². The van der Waals surface area contributed by atoms with Gasteiger partial charge in [-0.2, -0.15) is 0 Å². The van der Waals surface area contributed by atoms with Crippen LogP contribution in [0.5, 0.6) is 0 Å². The second kappa shape index (κ2) is 7.36. The second-order valence-electron chi connectivity index (χ2n) is 14.1. The molecule has 0 N–H and O–H groups in total. The van der Waals surface area contributed by atoms with Gasteiger partial charge in [0.2, 0.25) is 0 Å². The van der Waals surface area contributed by atoms with E-state index in [0.717, 1.165) is 41.4 Å². The average Bonchev–Trinajstić information content (AvgIpc) is 2.92. The highest BCUT2D eigenvalue weighted by molar-refractivity contribution is 5.02. The summed E-state index contributed by atoms with van der Waals surface area (Å²) in [5, 5.41) is 0. The molecule has 0 aromatic heterocycles. The lowest BCUT2D eigenvalue weighted by molar-refractivity contribution is 0.000162. The summed E-state index contributed by atoms with van der Waals surface area (Å²) in [6.45, 7) is 22.7. The molecule has 3 fully saturated rings. The Morgan fingerprint density at radius 3 is 1.48 bits per heavy atom. The normalized spacial score (nSPS) is 41.4. The van der Waals surface area contributed by atoms with Crippen LogP contribution in [0.1, 0.15) is 114 Å². The maximum Gasteiger partial charge on any atom is -0.0303 e. The highest BCUT2D eigenvalue weighted by Gasteiger charge is 2.52. The molecule has 6 atom stereocenters. The van der Waals surface area contributed by atoms with E-state index in [1.54, 1.807) is 6.42 Å². The van der Waals surface area contributed by atoms with Gasteiger partial charge in [0.15, 0.2) is 0 Å². The molecule has 0 heteroatoms. The fraction of sp³-hybridized carbons (Fsp3) is 1.00. The zero-order valence-electron chi connectivity index (χ0n) is 20.2. The fourth-order valence-electron chi connectivity index (χ4n) is 7.71. The standard InChI is InChI=1S/C27H50/c1-25(2,3)20-14-19(15-21(17-20)26(4,5)6)23-16-18-12-10-11-13-22(18)24(23)27(7,8)9/h18-24H,10-17H2,1-9H3. The number of hydrogen-bond acceptors (Lipinski definition) is 0. The predicted molar refractivity (Wildman–Crippen MR) is 120 cm³/mol. The van der Waals surface area contributed by atoms with Gasteiger partial charge in [-0.3, -0.25) is 0 Å². The summed E-state index contributed by atoms with van der Waals surface area (Å²) in [6.07, 6.45) is 12.1. The molecule has 0 amide bonds. The van der Waals surface area contributed by atoms with Crippen molar-refractivity contribution in [2.24, 2.45) is 57.7 Å². The van der Waals surface area contributed by atoms with Gasteiger partial charge in [-0.05, 0) is 89.8 Å². The van der Waals surface area contributed by atoms with Crippen molar-refractivity contribution in [3.05, 3.63) is 0 Å². The lowest BCUT2D eigenvalue weighted by Gasteiger charge is -2.50. The van der Waals surface area contributed by atoms with Crippen LogP contribution in [-0.4, -0.2) is 0 Å². The highest BCUT2D eigenvalue weighted by atomic mass is 14.6. The highest BCUT2D eigenvalue weighted by Crippen LogP contribution is 2.61. The van der Waals surface area contributed by atoms with Gasteiger partial charge >= 0.3 is 0 Å². The van der Waals surface area contributed by atoms with Crippen LogP contribution in [0.3, 0.4) is 0 Å². The molecule has 0 heterocycles. The van der Waals surface area contributed by atoms with Gasteiger partial charge in [-0.25, -0.2) is 0 Å². The molecular weight excluding hydrogens is 324 g/mol. The predicted octanol–water partition coefficient (Wildman–Crippen LogP) is 8.60. The summed E-state index contributed by atoms with van der Waals surface area (Å²) in [5.41, 5.74) is 1.41. The molecule has 0 saturated heterocycles. The van der Waals surface area contributed by atoms with E-state index in [4.69, 9.17) is 0 Å². The molecule has 0 aromatic carbocycles. The molecule has 0 spiro atoms. The molecular formula is C27H50. The number of rotatable bonds is 1. The molecule has 3 saturated carbocycles. The van der Waals surface area contributed by atoms with E-state index in [1.165, 1.54) is 44.9 Å². The first-order valence-corrected chi connectivity index (χ1v) is 12.3. The summed E-state index contributed by atoms with van der Waals surface area (Å²) in [7, 11) is 0. The number of hydrogen-bond donors (Lipinski definition) is 0. The van der Waals surface area contributed by atoms with Gasteiger partial charge in [0.25, 0.3) is 0 Å². The van der Waals surface area contributed by atoms with Crippen LogP contribution in [0.4, 0.5) is 0 Å². The summed E-state index contributed by atoms with van der Waals surface area (Å²) in [6, 6.07) is 0. The van der Waals surface area contributed by atoms with Crippen LogP contribution >= 0.6 is 0 Å². The quantitative estimate of drug-likeness (QED) is 0.431.